The van der Waals surface area contributed by atoms with Crippen molar-refractivity contribution in [2.75, 3.05) is 17.7 Å². The summed E-state index contributed by atoms with van der Waals surface area (Å²) in [6.45, 7) is 0. The molecule has 0 spiro atoms. The van der Waals surface area contributed by atoms with Gasteiger partial charge in [0.1, 0.15) is 5.75 Å². The summed E-state index contributed by atoms with van der Waals surface area (Å²) in [4.78, 5) is 25.2. The third-order valence-corrected chi connectivity index (χ3v) is 5.14. The maximum atomic E-state index is 13.0. The van der Waals surface area contributed by atoms with E-state index in [2.05, 4.69) is 10.6 Å². The van der Waals surface area contributed by atoms with Crippen LogP contribution in [0, 0.1) is 0 Å². The van der Waals surface area contributed by atoms with Crippen LogP contribution >= 0.6 is 11.8 Å². The van der Waals surface area contributed by atoms with E-state index in [1.54, 1.807) is 18.2 Å². The standard InChI is InChI=1S/C18H15F3N2O3S/c1-26-10-6-7-13-14(8-10)27-15(17(25)23-13)9-16(24)22-12-5-3-2-4-11(12)18(19,20)21/h2-8,15H,9H2,1H3,(H,22,24)(H,23,25)/t15-/m1/s1. The molecule has 142 valence electrons. The molecule has 0 bridgehead atoms. The molecule has 0 aliphatic carbocycles. The Morgan fingerprint density at radius 2 is 2.00 bits per heavy atom. The highest BCUT2D eigenvalue weighted by atomic mass is 32.2. The first-order valence-electron chi connectivity index (χ1n) is 7.89. The molecule has 1 aliphatic heterocycles. The fraction of sp³-hybridized carbons (Fsp3) is 0.222. The summed E-state index contributed by atoms with van der Waals surface area (Å²) in [5, 5.41) is 4.18. The van der Waals surface area contributed by atoms with E-state index in [0.717, 1.165) is 11.0 Å². The number of ether oxygens (including phenoxy) is 1. The summed E-state index contributed by atoms with van der Waals surface area (Å²) in [5.41, 5.74) is -0.669. The lowest BCUT2D eigenvalue weighted by Crippen LogP contribution is -2.32. The predicted molar refractivity (Wildman–Crippen MR) is 96.0 cm³/mol. The maximum Gasteiger partial charge on any atom is 0.418 e. The van der Waals surface area contributed by atoms with E-state index in [0.29, 0.717) is 11.4 Å². The summed E-state index contributed by atoms with van der Waals surface area (Å²) < 4.78 is 44.2. The summed E-state index contributed by atoms with van der Waals surface area (Å²) in [5.74, 6) is -0.456. The lowest BCUT2D eigenvalue weighted by molar-refractivity contribution is -0.137. The number of thioether (sulfide) groups is 1. The third-order valence-electron chi connectivity index (χ3n) is 3.89. The first-order valence-corrected chi connectivity index (χ1v) is 8.77. The molecule has 1 atom stereocenters. The number of halogens is 3. The Bertz CT molecular complexity index is 886. The number of nitrogens with one attached hydrogen (secondary N) is 2. The van der Waals surface area contributed by atoms with Crippen LogP contribution in [0.1, 0.15) is 12.0 Å². The normalized spacial score (nSPS) is 16.3. The molecule has 2 aromatic rings. The van der Waals surface area contributed by atoms with Crippen LogP contribution in [-0.2, 0) is 15.8 Å². The van der Waals surface area contributed by atoms with Gasteiger partial charge < -0.3 is 15.4 Å². The Labute approximate surface area is 157 Å². The van der Waals surface area contributed by atoms with E-state index in [1.165, 1.54) is 37.1 Å². The van der Waals surface area contributed by atoms with Crippen LogP contribution < -0.4 is 15.4 Å². The van der Waals surface area contributed by atoms with E-state index < -0.39 is 22.9 Å². The van der Waals surface area contributed by atoms with Gasteiger partial charge in [-0.3, -0.25) is 9.59 Å². The van der Waals surface area contributed by atoms with Crippen molar-refractivity contribution in [3.05, 3.63) is 48.0 Å². The zero-order chi connectivity index (χ0) is 19.6. The Balaban J connectivity index is 1.72. The number of alkyl halides is 3. The number of para-hydroxylation sites is 1. The average molecular weight is 396 g/mol. The molecular formula is C18H15F3N2O3S. The van der Waals surface area contributed by atoms with Gasteiger partial charge in [-0.1, -0.05) is 12.1 Å². The summed E-state index contributed by atoms with van der Waals surface area (Å²) in [6, 6.07) is 9.82. The van der Waals surface area contributed by atoms with E-state index in [1.807, 2.05) is 0 Å². The second-order valence-corrected chi connectivity index (χ2v) is 7.00. The van der Waals surface area contributed by atoms with E-state index >= 15 is 0 Å². The van der Waals surface area contributed by atoms with Gasteiger partial charge in [0.2, 0.25) is 11.8 Å². The van der Waals surface area contributed by atoms with Crippen molar-refractivity contribution in [1.29, 1.82) is 0 Å². The van der Waals surface area contributed by atoms with Crippen molar-refractivity contribution in [1.82, 2.24) is 0 Å². The number of methoxy groups -OCH3 is 1. The van der Waals surface area contributed by atoms with Gasteiger partial charge in [0.15, 0.2) is 0 Å². The number of hydrogen-bond donors (Lipinski definition) is 2. The molecule has 0 aromatic heterocycles. The number of fused-ring (bicyclic) bond motifs is 1. The van der Waals surface area contributed by atoms with E-state index in [4.69, 9.17) is 4.74 Å². The van der Waals surface area contributed by atoms with E-state index in [9.17, 15) is 22.8 Å². The SMILES string of the molecule is COc1ccc2c(c1)S[C@H](CC(=O)Nc1ccccc1C(F)(F)F)C(=O)N2. The molecule has 5 nitrogen and oxygen atoms in total. The number of benzene rings is 2. The van der Waals surface area contributed by atoms with Crippen LogP contribution in [-0.4, -0.2) is 24.2 Å². The van der Waals surface area contributed by atoms with Gasteiger partial charge in [-0.15, -0.1) is 11.8 Å². The molecule has 9 heteroatoms. The lowest BCUT2D eigenvalue weighted by Gasteiger charge is -2.24. The minimum atomic E-state index is -4.59. The molecule has 2 aromatic carbocycles. The second kappa shape index (κ2) is 7.51. The monoisotopic (exact) mass is 396 g/mol. The molecular weight excluding hydrogens is 381 g/mol. The number of carbonyl (C=O) groups excluding carboxylic acids is 2. The number of hydrogen-bond acceptors (Lipinski definition) is 4. The predicted octanol–water partition coefficient (Wildman–Crippen LogP) is 4.16. The van der Waals surface area contributed by atoms with Crippen molar-refractivity contribution < 1.29 is 27.5 Å². The highest BCUT2D eigenvalue weighted by Gasteiger charge is 2.34. The van der Waals surface area contributed by atoms with Crippen molar-refractivity contribution in [2.45, 2.75) is 22.7 Å². The van der Waals surface area contributed by atoms with Crippen molar-refractivity contribution >= 4 is 35.0 Å². The van der Waals surface area contributed by atoms with Crippen molar-refractivity contribution in [2.24, 2.45) is 0 Å². The molecule has 3 rings (SSSR count). The molecule has 2 amide bonds. The van der Waals surface area contributed by atoms with E-state index in [-0.39, 0.29) is 18.0 Å². The van der Waals surface area contributed by atoms with Crippen LogP contribution in [0.3, 0.4) is 0 Å². The van der Waals surface area contributed by atoms with Gasteiger partial charge >= 0.3 is 6.18 Å². The number of rotatable bonds is 4. The van der Waals surface area contributed by atoms with Crippen molar-refractivity contribution in [3.8, 4) is 5.75 Å². The molecule has 1 heterocycles. The molecule has 0 unspecified atom stereocenters. The summed E-state index contributed by atoms with van der Waals surface area (Å²) in [7, 11) is 1.51. The van der Waals surface area contributed by atoms with Crippen LogP contribution in [0.15, 0.2) is 47.4 Å². The van der Waals surface area contributed by atoms with Crippen LogP contribution in [0.4, 0.5) is 24.5 Å². The zero-order valence-corrected chi connectivity index (χ0v) is 14.9. The molecule has 0 fully saturated rings. The fourth-order valence-electron chi connectivity index (χ4n) is 2.59. The first-order chi connectivity index (χ1) is 12.8. The Kier molecular flexibility index (Phi) is 5.31. The fourth-order valence-corrected chi connectivity index (χ4v) is 3.73. The van der Waals surface area contributed by atoms with Crippen LogP contribution in [0.5, 0.6) is 5.75 Å². The highest BCUT2D eigenvalue weighted by Crippen LogP contribution is 2.39. The number of amides is 2. The molecule has 1 aliphatic rings. The van der Waals surface area contributed by atoms with Gasteiger partial charge in [-0.2, -0.15) is 13.2 Å². The lowest BCUT2D eigenvalue weighted by atomic mass is 10.1. The number of anilines is 2. The quantitative estimate of drug-likeness (QED) is 0.815. The summed E-state index contributed by atoms with van der Waals surface area (Å²) >= 11 is 1.17. The van der Waals surface area contributed by atoms with Crippen LogP contribution in [0.2, 0.25) is 0 Å². The first kappa shape index (κ1) is 19.1. The molecule has 27 heavy (non-hydrogen) atoms. The van der Waals surface area contributed by atoms with Crippen molar-refractivity contribution in [3.63, 3.8) is 0 Å². The topological polar surface area (TPSA) is 67.4 Å². The minimum Gasteiger partial charge on any atom is -0.497 e. The van der Waals surface area contributed by atoms with Gasteiger partial charge in [0, 0.05) is 11.3 Å². The maximum absolute atomic E-state index is 13.0. The summed E-state index contributed by atoms with van der Waals surface area (Å²) in [6.07, 6.45) is -4.85. The Morgan fingerprint density at radius 3 is 2.70 bits per heavy atom. The number of carbonyl (C=O) groups is 2. The zero-order valence-electron chi connectivity index (χ0n) is 14.1. The molecule has 2 N–H and O–H groups in total. The molecule has 0 saturated carbocycles. The van der Waals surface area contributed by atoms with Gasteiger partial charge in [0.25, 0.3) is 0 Å². The smallest absolute Gasteiger partial charge is 0.418 e. The highest BCUT2D eigenvalue weighted by molar-refractivity contribution is 8.01. The molecule has 0 radical (unpaired) electrons. The van der Waals surface area contributed by atoms with Crippen LogP contribution in [0.25, 0.3) is 0 Å². The minimum absolute atomic E-state index is 0.265. The molecule has 0 saturated heterocycles. The Morgan fingerprint density at radius 1 is 1.26 bits per heavy atom. The average Bonchev–Trinajstić information content (AvgIpc) is 2.61. The second-order valence-electron chi connectivity index (χ2n) is 5.75. The largest absolute Gasteiger partial charge is 0.497 e. The Hall–Kier alpha value is -2.68. The van der Waals surface area contributed by atoms with Gasteiger partial charge in [-0.05, 0) is 30.3 Å². The van der Waals surface area contributed by atoms with Gasteiger partial charge in [0.05, 0.1) is 29.3 Å². The third kappa shape index (κ3) is 4.36. The van der Waals surface area contributed by atoms with Gasteiger partial charge in [-0.25, -0.2) is 0 Å².